The minimum Gasteiger partial charge on any atom is -0.289 e. The SMILES string of the molecule is CSc1ccccc1C(=O)c1cccc(Br)c1. The topological polar surface area (TPSA) is 17.1 Å². The summed E-state index contributed by atoms with van der Waals surface area (Å²) in [5, 5.41) is 0. The van der Waals surface area contributed by atoms with Gasteiger partial charge in [0, 0.05) is 20.5 Å². The summed E-state index contributed by atoms with van der Waals surface area (Å²) in [6.07, 6.45) is 1.98. The number of halogens is 1. The van der Waals surface area contributed by atoms with E-state index in [4.69, 9.17) is 0 Å². The molecule has 0 aromatic heterocycles. The zero-order valence-electron chi connectivity index (χ0n) is 9.31. The fraction of sp³-hybridized carbons (Fsp3) is 0.0714. The molecule has 0 heterocycles. The molecule has 0 amide bonds. The average Bonchev–Trinajstić information content (AvgIpc) is 2.38. The molecule has 0 aliphatic heterocycles. The Morgan fingerprint density at radius 2 is 1.88 bits per heavy atom. The van der Waals surface area contributed by atoms with Gasteiger partial charge in [-0.05, 0) is 30.5 Å². The highest BCUT2D eigenvalue weighted by Crippen LogP contribution is 2.23. The van der Waals surface area contributed by atoms with Crippen LogP contribution in [0.25, 0.3) is 0 Å². The maximum absolute atomic E-state index is 12.3. The molecule has 86 valence electrons. The van der Waals surface area contributed by atoms with Gasteiger partial charge in [-0.25, -0.2) is 0 Å². The van der Waals surface area contributed by atoms with Gasteiger partial charge in [0.25, 0.3) is 0 Å². The van der Waals surface area contributed by atoms with Gasteiger partial charge in [-0.15, -0.1) is 11.8 Å². The van der Waals surface area contributed by atoms with Crippen LogP contribution in [0.15, 0.2) is 57.9 Å². The van der Waals surface area contributed by atoms with E-state index in [1.807, 2.05) is 54.8 Å². The van der Waals surface area contributed by atoms with E-state index in [1.165, 1.54) is 0 Å². The third kappa shape index (κ3) is 2.79. The van der Waals surface area contributed by atoms with Crippen LogP contribution in [-0.4, -0.2) is 12.0 Å². The van der Waals surface area contributed by atoms with Crippen LogP contribution in [0.5, 0.6) is 0 Å². The molecule has 0 saturated heterocycles. The second-order valence-corrected chi connectivity index (χ2v) is 5.30. The highest BCUT2D eigenvalue weighted by atomic mass is 79.9. The standard InChI is InChI=1S/C14H11BrOS/c1-17-13-8-3-2-7-12(13)14(16)10-5-4-6-11(15)9-10/h2-9H,1H3. The highest BCUT2D eigenvalue weighted by Gasteiger charge is 2.12. The lowest BCUT2D eigenvalue weighted by molar-refractivity contribution is 0.103. The molecule has 3 heteroatoms. The fourth-order valence-electron chi connectivity index (χ4n) is 1.62. The van der Waals surface area contributed by atoms with Crippen molar-refractivity contribution in [3.8, 4) is 0 Å². The maximum atomic E-state index is 12.3. The molecule has 0 aliphatic carbocycles. The summed E-state index contributed by atoms with van der Waals surface area (Å²) in [4.78, 5) is 13.4. The van der Waals surface area contributed by atoms with E-state index in [0.717, 1.165) is 14.9 Å². The van der Waals surface area contributed by atoms with Crippen molar-refractivity contribution in [3.05, 3.63) is 64.1 Å². The van der Waals surface area contributed by atoms with Gasteiger partial charge in [0.1, 0.15) is 0 Å². The van der Waals surface area contributed by atoms with Crippen molar-refractivity contribution in [2.24, 2.45) is 0 Å². The Labute approximate surface area is 113 Å². The van der Waals surface area contributed by atoms with Crippen molar-refractivity contribution in [1.29, 1.82) is 0 Å². The van der Waals surface area contributed by atoms with E-state index >= 15 is 0 Å². The summed E-state index contributed by atoms with van der Waals surface area (Å²) in [7, 11) is 0. The van der Waals surface area contributed by atoms with Gasteiger partial charge in [-0.3, -0.25) is 4.79 Å². The molecule has 17 heavy (non-hydrogen) atoms. The van der Waals surface area contributed by atoms with E-state index in [9.17, 15) is 4.79 Å². The predicted molar refractivity (Wildman–Crippen MR) is 75.8 cm³/mol. The lowest BCUT2D eigenvalue weighted by Crippen LogP contribution is -2.02. The normalized spacial score (nSPS) is 10.2. The van der Waals surface area contributed by atoms with E-state index in [0.29, 0.717) is 5.56 Å². The molecule has 2 aromatic rings. The number of thioether (sulfide) groups is 1. The van der Waals surface area contributed by atoms with Crippen LogP contribution < -0.4 is 0 Å². The van der Waals surface area contributed by atoms with Crippen LogP contribution in [0.1, 0.15) is 15.9 Å². The van der Waals surface area contributed by atoms with Gasteiger partial charge < -0.3 is 0 Å². The number of benzene rings is 2. The first-order chi connectivity index (χ1) is 8.22. The molecule has 0 fully saturated rings. The third-order valence-electron chi connectivity index (χ3n) is 2.44. The molecule has 2 aromatic carbocycles. The van der Waals surface area contributed by atoms with Gasteiger partial charge in [-0.2, -0.15) is 0 Å². The number of ketones is 1. The van der Waals surface area contributed by atoms with Crippen LogP contribution in [-0.2, 0) is 0 Å². The zero-order valence-corrected chi connectivity index (χ0v) is 11.7. The van der Waals surface area contributed by atoms with Gasteiger partial charge in [0.05, 0.1) is 0 Å². The number of carbonyl (C=O) groups excluding carboxylic acids is 1. The lowest BCUT2D eigenvalue weighted by atomic mass is 10.0. The Hall–Kier alpha value is -1.06. The van der Waals surface area contributed by atoms with E-state index in [2.05, 4.69) is 15.9 Å². The van der Waals surface area contributed by atoms with Crippen LogP contribution in [0, 0.1) is 0 Å². The molecular formula is C14H11BrOS. The van der Waals surface area contributed by atoms with Crippen LogP contribution in [0.4, 0.5) is 0 Å². The molecule has 0 bridgehead atoms. The van der Waals surface area contributed by atoms with Crippen LogP contribution >= 0.6 is 27.7 Å². The first-order valence-electron chi connectivity index (χ1n) is 5.15. The molecular weight excluding hydrogens is 296 g/mol. The molecule has 0 saturated carbocycles. The largest absolute Gasteiger partial charge is 0.289 e. The maximum Gasteiger partial charge on any atom is 0.194 e. The van der Waals surface area contributed by atoms with E-state index in [1.54, 1.807) is 11.8 Å². The molecule has 0 unspecified atom stereocenters. The Morgan fingerprint density at radius 1 is 1.12 bits per heavy atom. The Morgan fingerprint density at radius 3 is 2.59 bits per heavy atom. The molecule has 0 spiro atoms. The number of carbonyl (C=O) groups is 1. The zero-order chi connectivity index (χ0) is 12.3. The lowest BCUT2D eigenvalue weighted by Gasteiger charge is -2.06. The van der Waals surface area contributed by atoms with Gasteiger partial charge >= 0.3 is 0 Å². The summed E-state index contributed by atoms with van der Waals surface area (Å²) in [6.45, 7) is 0. The number of rotatable bonds is 3. The quantitative estimate of drug-likeness (QED) is 0.617. The van der Waals surface area contributed by atoms with Gasteiger partial charge in [0.15, 0.2) is 5.78 Å². The van der Waals surface area contributed by atoms with Crippen molar-refractivity contribution >= 4 is 33.5 Å². The van der Waals surface area contributed by atoms with Crippen molar-refractivity contribution in [1.82, 2.24) is 0 Å². The Kier molecular flexibility index (Phi) is 4.02. The minimum absolute atomic E-state index is 0.0660. The average molecular weight is 307 g/mol. The second kappa shape index (κ2) is 5.52. The summed E-state index contributed by atoms with van der Waals surface area (Å²) in [5.41, 5.74) is 1.47. The van der Waals surface area contributed by atoms with E-state index in [-0.39, 0.29) is 5.78 Å². The molecule has 0 radical (unpaired) electrons. The summed E-state index contributed by atoms with van der Waals surface area (Å²) >= 11 is 4.97. The van der Waals surface area contributed by atoms with Crippen molar-refractivity contribution in [2.45, 2.75) is 4.90 Å². The molecule has 0 atom stereocenters. The molecule has 0 N–H and O–H groups in total. The van der Waals surface area contributed by atoms with Crippen molar-refractivity contribution in [3.63, 3.8) is 0 Å². The summed E-state index contributed by atoms with van der Waals surface area (Å²) in [5.74, 6) is 0.0660. The Balaban J connectivity index is 2.44. The first kappa shape index (κ1) is 12.4. The second-order valence-electron chi connectivity index (χ2n) is 3.54. The van der Waals surface area contributed by atoms with Gasteiger partial charge in [0.2, 0.25) is 0 Å². The number of hydrogen-bond donors (Lipinski definition) is 0. The predicted octanol–water partition coefficient (Wildman–Crippen LogP) is 4.40. The summed E-state index contributed by atoms with van der Waals surface area (Å²) < 4.78 is 0.921. The molecule has 1 nitrogen and oxygen atoms in total. The monoisotopic (exact) mass is 306 g/mol. The minimum atomic E-state index is 0.0660. The van der Waals surface area contributed by atoms with Crippen LogP contribution in [0.3, 0.4) is 0 Å². The Bertz CT molecular complexity index is 551. The van der Waals surface area contributed by atoms with Crippen molar-refractivity contribution < 1.29 is 4.79 Å². The molecule has 2 rings (SSSR count). The van der Waals surface area contributed by atoms with Crippen LogP contribution in [0.2, 0.25) is 0 Å². The highest BCUT2D eigenvalue weighted by molar-refractivity contribution is 9.10. The summed E-state index contributed by atoms with van der Waals surface area (Å²) in [6, 6.07) is 15.2. The van der Waals surface area contributed by atoms with Crippen molar-refractivity contribution in [2.75, 3.05) is 6.26 Å². The number of hydrogen-bond acceptors (Lipinski definition) is 2. The van der Waals surface area contributed by atoms with Gasteiger partial charge in [-0.1, -0.05) is 40.2 Å². The van der Waals surface area contributed by atoms with E-state index < -0.39 is 0 Å². The first-order valence-corrected chi connectivity index (χ1v) is 7.17. The third-order valence-corrected chi connectivity index (χ3v) is 3.73. The molecule has 0 aliphatic rings. The smallest absolute Gasteiger partial charge is 0.194 e. The fourth-order valence-corrected chi connectivity index (χ4v) is 2.61.